The maximum absolute atomic E-state index is 11.4. The molecule has 0 fully saturated rings. The summed E-state index contributed by atoms with van der Waals surface area (Å²) in [7, 11) is -10.8. The molecule has 0 aliphatic rings. The van der Waals surface area contributed by atoms with Gasteiger partial charge in [0.15, 0.2) is 32.4 Å². The molecule has 0 bridgehead atoms. The number of aryl methyl sites for hydroxylation is 1. The molecule has 0 aliphatic carbocycles. The topological polar surface area (TPSA) is 114 Å². The Bertz CT molecular complexity index is 972. The van der Waals surface area contributed by atoms with Crippen molar-refractivity contribution < 1.29 is 61.0 Å². The summed E-state index contributed by atoms with van der Waals surface area (Å²) >= 11 is 0. The molecular formula is C18H30F6N2O7S2Si. The first-order valence-electron chi connectivity index (χ1n) is 10.1. The average Bonchev–Trinajstić information content (AvgIpc) is 2.72. The number of nitrogens with zero attached hydrogens (tertiary/aromatic N) is 2. The van der Waals surface area contributed by atoms with Crippen LogP contribution in [0.15, 0.2) is 24.5 Å². The van der Waals surface area contributed by atoms with E-state index in [1.165, 1.54) is 5.56 Å². The Balaban J connectivity index is 0.000000723. The number of aromatic nitrogens is 1. The van der Waals surface area contributed by atoms with Gasteiger partial charge in [-0.15, -0.1) is 0 Å². The van der Waals surface area contributed by atoms with E-state index in [1.807, 2.05) is 0 Å². The molecule has 9 nitrogen and oxygen atoms in total. The van der Waals surface area contributed by atoms with Crippen molar-refractivity contribution in [2.45, 2.75) is 62.6 Å². The lowest BCUT2D eigenvalue weighted by Crippen LogP contribution is -2.42. The fourth-order valence-corrected chi connectivity index (χ4v) is 6.02. The third kappa shape index (κ3) is 10.6. The van der Waals surface area contributed by atoms with Crippen LogP contribution < -0.4 is 4.57 Å². The quantitative estimate of drug-likeness (QED) is 0.175. The van der Waals surface area contributed by atoms with Crippen LogP contribution in [0, 0.1) is 0 Å². The van der Waals surface area contributed by atoms with E-state index in [0.29, 0.717) is 0 Å². The molecule has 0 N–H and O–H groups in total. The highest BCUT2D eigenvalue weighted by atomic mass is 32.3. The summed E-state index contributed by atoms with van der Waals surface area (Å²) in [5, 5.41) is 0. The van der Waals surface area contributed by atoms with E-state index in [4.69, 9.17) is 13.3 Å². The van der Waals surface area contributed by atoms with E-state index in [2.05, 4.69) is 49.9 Å². The third-order valence-corrected chi connectivity index (χ3v) is 10.2. The van der Waals surface area contributed by atoms with Crippen LogP contribution in [0.3, 0.4) is 0 Å². The second-order valence-electron chi connectivity index (χ2n) is 8.24. The molecule has 0 unspecified atom stereocenters. The zero-order valence-electron chi connectivity index (χ0n) is 20.5. The molecule has 0 aromatic carbocycles. The second kappa shape index (κ2) is 13.0. The zero-order valence-corrected chi connectivity index (χ0v) is 23.1. The molecule has 0 radical (unpaired) electrons. The minimum Gasteiger partial charge on any atom is -0.421 e. The normalized spacial score (nSPS) is 13.8. The van der Waals surface area contributed by atoms with E-state index in [0.717, 1.165) is 29.6 Å². The van der Waals surface area contributed by atoms with E-state index in [1.54, 1.807) is 21.3 Å². The van der Waals surface area contributed by atoms with Crippen molar-refractivity contribution >= 4 is 28.9 Å². The van der Waals surface area contributed by atoms with Gasteiger partial charge in [0.2, 0.25) is 0 Å². The van der Waals surface area contributed by atoms with Crippen LogP contribution in [-0.4, -0.2) is 58.0 Å². The summed E-state index contributed by atoms with van der Waals surface area (Å²) in [6.07, 6.45) is 6.45. The van der Waals surface area contributed by atoms with Crippen molar-refractivity contribution in [1.82, 2.24) is 0 Å². The molecule has 36 heavy (non-hydrogen) atoms. The van der Waals surface area contributed by atoms with Crippen molar-refractivity contribution in [1.29, 1.82) is 0 Å². The molecule has 0 saturated carbocycles. The fourth-order valence-electron chi connectivity index (χ4n) is 2.51. The number of rotatable bonds is 10. The monoisotopic (exact) mass is 592 g/mol. The van der Waals surface area contributed by atoms with Gasteiger partial charge in [-0.2, -0.15) is 26.3 Å². The predicted molar refractivity (Wildman–Crippen MR) is 119 cm³/mol. The number of alkyl halides is 6. The molecule has 1 aromatic rings. The highest BCUT2D eigenvalue weighted by molar-refractivity contribution is 8.13. The summed E-state index contributed by atoms with van der Waals surface area (Å²) in [4.78, 5) is 0. The van der Waals surface area contributed by atoms with Crippen molar-refractivity contribution in [3.05, 3.63) is 34.2 Å². The van der Waals surface area contributed by atoms with Crippen molar-refractivity contribution in [2.75, 3.05) is 21.3 Å². The van der Waals surface area contributed by atoms with E-state index in [-0.39, 0.29) is 5.41 Å². The average molecular weight is 593 g/mol. The summed E-state index contributed by atoms with van der Waals surface area (Å²) in [5.74, 6) is 0. The fraction of sp³-hybridized carbons (Fsp3) is 0.722. The van der Waals surface area contributed by atoms with Crippen LogP contribution in [0.2, 0.25) is 6.04 Å². The largest absolute Gasteiger partial charge is 0.500 e. The minimum atomic E-state index is -6.72. The summed E-state index contributed by atoms with van der Waals surface area (Å²) in [5.41, 5.74) is -10.8. The number of pyridine rings is 1. The van der Waals surface area contributed by atoms with Gasteiger partial charge in [-0.3, -0.25) is 0 Å². The Labute approximate surface area is 208 Å². The lowest BCUT2D eigenvalue weighted by molar-refractivity contribution is -0.697. The predicted octanol–water partition coefficient (Wildman–Crippen LogP) is 3.99. The van der Waals surface area contributed by atoms with Crippen LogP contribution in [0.1, 0.15) is 39.2 Å². The minimum absolute atomic E-state index is 0.208. The molecule has 212 valence electrons. The standard InChI is InChI=1S/C16H30NO3Si.C2F6NO4S2/c1-16(2,3)15-9-12-17(13-10-15)11-7-8-14-21(18-4,19-5)20-6;3-1(4,5)14(10,11)9-15(12,13)2(6,7)8/h9-10,12-13H,7-8,11,14H2,1-6H3;/q+1;-1. The van der Waals surface area contributed by atoms with Gasteiger partial charge >= 0.3 is 19.8 Å². The van der Waals surface area contributed by atoms with Gasteiger partial charge in [0, 0.05) is 45.9 Å². The molecule has 1 rings (SSSR count). The highest BCUT2D eigenvalue weighted by Crippen LogP contribution is 2.36. The highest BCUT2D eigenvalue weighted by Gasteiger charge is 2.47. The van der Waals surface area contributed by atoms with Crippen molar-refractivity contribution in [3.8, 4) is 0 Å². The molecule has 0 saturated heterocycles. The van der Waals surface area contributed by atoms with Gasteiger partial charge in [0.1, 0.15) is 6.54 Å². The second-order valence-corrected chi connectivity index (χ2v) is 14.8. The van der Waals surface area contributed by atoms with Crippen LogP contribution in [-0.2, 0) is 45.3 Å². The number of hydrogen-bond acceptors (Lipinski definition) is 7. The Morgan fingerprint density at radius 1 is 0.806 bits per heavy atom. The van der Waals surface area contributed by atoms with Gasteiger partial charge in [0.25, 0.3) is 0 Å². The Morgan fingerprint density at radius 3 is 1.50 bits per heavy atom. The smallest absolute Gasteiger partial charge is 0.421 e. The van der Waals surface area contributed by atoms with E-state index in [9.17, 15) is 43.2 Å². The number of hydrogen-bond donors (Lipinski definition) is 0. The molecule has 0 amide bonds. The first-order valence-corrected chi connectivity index (χ1v) is 14.9. The van der Waals surface area contributed by atoms with Crippen molar-refractivity contribution in [2.24, 2.45) is 0 Å². The molecule has 1 aromatic heterocycles. The number of halogens is 6. The zero-order chi connectivity index (χ0) is 28.6. The molecule has 0 spiro atoms. The number of sulfonamides is 2. The van der Waals surface area contributed by atoms with Crippen LogP contribution in [0.5, 0.6) is 0 Å². The lowest BCUT2D eigenvalue weighted by atomic mass is 9.88. The van der Waals surface area contributed by atoms with Gasteiger partial charge in [-0.1, -0.05) is 20.8 Å². The van der Waals surface area contributed by atoms with Gasteiger partial charge in [0.05, 0.1) is 0 Å². The Morgan fingerprint density at radius 2 is 1.19 bits per heavy atom. The van der Waals surface area contributed by atoms with E-state index < -0.39 is 39.9 Å². The maximum Gasteiger partial charge on any atom is 0.500 e. The molecule has 1 heterocycles. The molecule has 18 heteroatoms. The SMILES string of the molecule is CO[Si](CCCC[n+]1ccc(C(C)(C)C)cc1)(OC)OC.O=S(=O)([N-]S(=O)(=O)C(F)(F)F)C(F)(F)F. The summed E-state index contributed by atoms with van der Waals surface area (Å²) < 4.78 is 128. The van der Waals surface area contributed by atoms with Crippen molar-refractivity contribution in [3.63, 3.8) is 0 Å². The van der Waals surface area contributed by atoms with Crippen LogP contribution in [0.25, 0.3) is 4.13 Å². The maximum atomic E-state index is 11.4. The summed E-state index contributed by atoms with van der Waals surface area (Å²) in [6, 6.07) is 5.27. The van der Waals surface area contributed by atoms with E-state index >= 15 is 0 Å². The first kappa shape index (κ1) is 34.7. The van der Waals surface area contributed by atoms with Gasteiger partial charge in [-0.05, 0) is 17.4 Å². The summed E-state index contributed by atoms with van der Waals surface area (Å²) in [6.45, 7) is 7.71. The molecular weight excluding hydrogens is 562 g/mol. The Kier molecular flexibility index (Phi) is 12.5. The molecule has 0 aliphatic heterocycles. The lowest BCUT2D eigenvalue weighted by Gasteiger charge is -2.23. The van der Waals surface area contributed by atoms with Gasteiger partial charge in [-0.25, -0.2) is 21.4 Å². The first-order chi connectivity index (χ1) is 16.1. The third-order valence-electron chi connectivity index (χ3n) is 4.62. The van der Waals surface area contributed by atoms with Crippen LogP contribution in [0.4, 0.5) is 26.3 Å². The Hall–Kier alpha value is -1.31. The van der Waals surface area contributed by atoms with Crippen LogP contribution >= 0.6 is 0 Å². The number of unbranched alkanes of at least 4 members (excludes halogenated alkanes) is 1. The van der Waals surface area contributed by atoms with Gasteiger partial charge < -0.3 is 17.4 Å². The molecule has 0 atom stereocenters.